The predicted octanol–water partition coefficient (Wildman–Crippen LogP) is 5.17. The van der Waals surface area contributed by atoms with Gasteiger partial charge < -0.3 is 9.47 Å². The third-order valence-corrected chi connectivity index (χ3v) is 5.88. The summed E-state index contributed by atoms with van der Waals surface area (Å²) in [7, 11) is 1.58. The van der Waals surface area contributed by atoms with Gasteiger partial charge in [0.25, 0.3) is 11.8 Å². The number of thioether (sulfide) groups is 1. The molecule has 0 radical (unpaired) electrons. The normalized spacial score (nSPS) is 13.7. The lowest BCUT2D eigenvalue weighted by atomic mass is 10.1. The Balaban J connectivity index is 1.82. The molecule has 1 heterocycles. The first kappa shape index (κ1) is 20.8. The van der Waals surface area contributed by atoms with E-state index in [9.17, 15) is 9.59 Å². The first-order valence-electron chi connectivity index (χ1n) is 9.86. The summed E-state index contributed by atoms with van der Waals surface area (Å²) >= 11 is 1.29. The van der Waals surface area contributed by atoms with Crippen LogP contribution in [0.4, 0.5) is 5.69 Å². The minimum Gasteiger partial charge on any atom is -0.497 e. The van der Waals surface area contributed by atoms with Crippen molar-refractivity contribution in [2.45, 2.75) is 11.8 Å². The number of hydrogen-bond donors (Lipinski definition) is 0. The molecular weight excluding hydrogens is 410 g/mol. The zero-order valence-electron chi connectivity index (χ0n) is 17.2. The van der Waals surface area contributed by atoms with Crippen molar-refractivity contribution in [1.29, 1.82) is 0 Å². The molecule has 5 nitrogen and oxygen atoms in total. The van der Waals surface area contributed by atoms with Crippen LogP contribution in [0.15, 0.2) is 88.7 Å². The van der Waals surface area contributed by atoms with Crippen LogP contribution in [0.25, 0.3) is 5.57 Å². The van der Waals surface area contributed by atoms with Gasteiger partial charge in [-0.3, -0.25) is 9.59 Å². The van der Waals surface area contributed by atoms with Crippen molar-refractivity contribution in [3.63, 3.8) is 0 Å². The number of methoxy groups -OCH3 is 1. The Labute approximate surface area is 185 Å². The van der Waals surface area contributed by atoms with Crippen LogP contribution in [0.1, 0.15) is 12.5 Å². The summed E-state index contributed by atoms with van der Waals surface area (Å²) in [6, 6.07) is 23.8. The number of nitrogens with zero attached hydrogens (tertiary/aromatic N) is 1. The van der Waals surface area contributed by atoms with E-state index in [-0.39, 0.29) is 11.8 Å². The zero-order chi connectivity index (χ0) is 21.8. The number of carbonyl (C=O) groups excluding carboxylic acids is 2. The molecule has 0 saturated heterocycles. The van der Waals surface area contributed by atoms with Crippen LogP contribution < -0.4 is 14.4 Å². The number of ether oxygens (including phenoxy) is 2. The summed E-state index contributed by atoms with van der Waals surface area (Å²) in [5.41, 5.74) is 1.47. The quantitative estimate of drug-likeness (QED) is 0.483. The number of rotatable bonds is 7. The van der Waals surface area contributed by atoms with E-state index in [0.717, 1.165) is 4.90 Å². The maximum Gasteiger partial charge on any atom is 0.273 e. The minimum atomic E-state index is -0.374. The third kappa shape index (κ3) is 4.07. The Hall–Kier alpha value is -3.51. The zero-order valence-corrected chi connectivity index (χ0v) is 18.0. The highest BCUT2D eigenvalue weighted by Gasteiger charge is 2.41. The summed E-state index contributed by atoms with van der Waals surface area (Å²) in [4.78, 5) is 29.6. The largest absolute Gasteiger partial charge is 0.497 e. The first-order chi connectivity index (χ1) is 15.1. The molecule has 0 atom stereocenters. The molecule has 0 aliphatic carbocycles. The highest BCUT2D eigenvalue weighted by atomic mass is 32.2. The Morgan fingerprint density at radius 1 is 0.839 bits per heavy atom. The van der Waals surface area contributed by atoms with E-state index in [4.69, 9.17) is 9.47 Å². The molecule has 31 heavy (non-hydrogen) atoms. The molecular formula is C25H21NO4S. The first-order valence-corrected chi connectivity index (χ1v) is 10.7. The van der Waals surface area contributed by atoms with Gasteiger partial charge in [0, 0.05) is 4.90 Å². The lowest BCUT2D eigenvalue weighted by molar-refractivity contribution is -0.119. The molecule has 0 aromatic heterocycles. The smallest absolute Gasteiger partial charge is 0.273 e. The van der Waals surface area contributed by atoms with E-state index in [1.54, 1.807) is 49.6 Å². The van der Waals surface area contributed by atoms with E-state index in [1.165, 1.54) is 16.7 Å². The van der Waals surface area contributed by atoms with Gasteiger partial charge >= 0.3 is 0 Å². The second-order valence-electron chi connectivity index (χ2n) is 6.69. The average molecular weight is 432 g/mol. The fourth-order valence-corrected chi connectivity index (χ4v) is 4.38. The van der Waals surface area contributed by atoms with Crippen molar-refractivity contribution in [3.8, 4) is 11.5 Å². The van der Waals surface area contributed by atoms with E-state index < -0.39 is 0 Å². The van der Waals surface area contributed by atoms with Gasteiger partial charge in [0.1, 0.15) is 11.5 Å². The van der Waals surface area contributed by atoms with Crippen LogP contribution in [0.3, 0.4) is 0 Å². The van der Waals surface area contributed by atoms with E-state index in [1.807, 2.05) is 43.3 Å². The summed E-state index contributed by atoms with van der Waals surface area (Å²) in [5.74, 6) is 0.432. The number of benzene rings is 3. The van der Waals surface area contributed by atoms with Gasteiger partial charge in [0.2, 0.25) is 0 Å². The fraction of sp³-hybridized carbons (Fsp3) is 0.120. The molecule has 0 unspecified atom stereocenters. The number of imide groups is 1. The fourth-order valence-electron chi connectivity index (χ4n) is 3.36. The van der Waals surface area contributed by atoms with Crippen LogP contribution >= 0.6 is 11.8 Å². The maximum atomic E-state index is 13.6. The van der Waals surface area contributed by atoms with Crippen LogP contribution in [0.2, 0.25) is 0 Å². The standard InChI is InChI=1S/C25H21NO4S/c1-3-30-21-12-8-7-11-20(21)26-24(27)22(17-13-15-18(29-2)16-14-17)23(25(26)28)31-19-9-5-4-6-10-19/h4-16H,3H2,1-2H3. The number of amides is 2. The van der Waals surface area contributed by atoms with Crippen molar-refractivity contribution in [3.05, 3.63) is 89.3 Å². The molecule has 0 fully saturated rings. The summed E-state index contributed by atoms with van der Waals surface area (Å²) in [5, 5.41) is 0. The minimum absolute atomic E-state index is 0.364. The van der Waals surface area contributed by atoms with Crippen molar-refractivity contribution >= 4 is 34.8 Å². The molecule has 0 spiro atoms. The lowest BCUT2D eigenvalue weighted by Crippen LogP contribution is -2.31. The lowest BCUT2D eigenvalue weighted by Gasteiger charge is -2.18. The molecule has 1 aliphatic heterocycles. The third-order valence-electron chi connectivity index (χ3n) is 4.79. The molecule has 0 N–H and O–H groups in total. The van der Waals surface area contributed by atoms with E-state index in [2.05, 4.69) is 0 Å². The summed E-state index contributed by atoms with van der Waals surface area (Å²) in [6.45, 7) is 2.29. The number of para-hydroxylation sites is 2. The molecule has 1 aliphatic rings. The van der Waals surface area contributed by atoms with Gasteiger partial charge in [-0.1, -0.05) is 54.2 Å². The van der Waals surface area contributed by atoms with E-state index >= 15 is 0 Å². The van der Waals surface area contributed by atoms with Crippen LogP contribution in [0, 0.1) is 0 Å². The van der Waals surface area contributed by atoms with Crippen molar-refractivity contribution in [2.75, 3.05) is 18.6 Å². The van der Waals surface area contributed by atoms with Gasteiger partial charge in [-0.25, -0.2) is 4.90 Å². The Kier molecular flexibility index (Phi) is 6.09. The summed E-state index contributed by atoms with van der Waals surface area (Å²) in [6.07, 6.45) is 0. The average Bonchev–Trinajstić information content (AvgIpc) is 3.04. The molecule has 3 aromatic rings. The topological polar surface area (TPSA) is 55.8 Å². The number of hydrogen-bond acceptors (Lipinski definition) is 5. The molecule has 3 aromatic carbocycles. The van der Waals surface area contributed by atoms with Gasteiger partial charge in [0.15, 0.2) is 0 Å². The van der Waals surface area contributed by atoms with Crippen LogP contribution in [0.5, 0.6) is 11.5 Å². The monoisotopic (exact) mass is 431 g/mol. The maximum absolute atomic E-state index is 13.6. The summed E-state index contributed by atoms with van der Waals surface area (Å²) < 4.78 is 10.9. The van der Waals surface area contributed by atoms with Gasteiger partial charge in [-0.05, 0) is 48.9 Å². The molecule has 0 bridgehead atoms. The number of carbonyl (C=O) groups is 2. The van der Waals surface area contributed by atoms with Gasteiger partial charge in [-0.2, -0.15) is 0 Å². The molecule has 4 rings (SSSR count). The molecule has 2 amide bonds. The highest BCUT2D eigenvalue weighted by Crippen LogP contribution is 2.43. The van der Waals surface area contributed by atoms with Gasteiger partial charge in [0.05, 0.1) is 29.9 Å². The number of anilines is 1. The Morgan fingerprint density at radius 3 is 2.19 bits per heavy atom. The highest BCUT2D eigenvalue weighted by molar-refractivity contribution is 8.04. The van der Waals surface area contributed by atoms with Crippen molar-refractivity contribution in [2.24, 2.45) is 0 Å². The second-order valence-corrected chi connectivity index (χ2v) is 7.78. The van der Waals surface area contributed by atoms with Crippen molar-refractivity contribution in [1.82, 2.24) is 0 Å². The molecule has 156 valence electrons. The van der Waals surface area contributed by atoms with Crippen LogP contribution in [-0.2, 0) is 9.59 Å². The molecule has 6 heteroatoms. The molecule has 0 saturated carbocycles. The van der Waals surface area contributed by atoms with Crippen LogP contribution in [-0.4, -0.2) is 25.5 Å². The predicted molar refractivity (Wildman–Crippen MR) is 122 cm³/mol. The second kappa shape index (κ2) is 9.10. The Bertz CT molecular complexity index is 1140. The van der Waals surface area contributed by atoms with Crippen molar-refractivity contribution < 1.29 is 19.1 Å². The SMILES string of the molecule is CCOc1ccccc1N1C(=O)C(Sc2ccccc2)=C(c2ccc(OC)cc2)C1=O. The van der Waals surface area contributed by atoms with E-state index in [0.29, 0.717) is 39.8 Å². The Morgan fingerprint density at radius 2 is 1.52 bits per heavy atom. The van der Waals surface area contributed by atoms with Gasteiger partial charge in [-0.15, -0.1) is 0 Å².